The Bertz CT molecular complexity index is 533. The monoisotopic (exact) mass is 237 g/mol. The van der Waals surface area contributed by atoms with Gasteiger partial charge in [-0.1, -0.05) is 36.0 Å². The Labute approximate surface area is 96.9 Å². The number of aromatic nitrogens is 2. The summed E-state index contributed by atoms with van der Waals surface area (Å²) in [6.07, 6.45) is 1.65. The van der Waals surface area contributed by atoms with E-state index < -0.39 is 0 Å². The molecule has 0 saturated carbocycles. The fraction of sp³-hybridized carbons (Fsp3) is 0. The number of nitrogen functional groups attached to an aromatic ring is 1. The molecule has 2 aromatic rings. The van der Waals surface area contributed by atoms with Crippen molar-refractivity contribution < 1.29 is 0 Å². The van der Waals surface area contributed by atoms with Gasteiger partial charge in [0.2, 0.25) is 0 Å². The number of nitrogens with two attached hydrogens (primary N) is 1. The molecule has 0 amide bonds. The van der Waals surface area contributed by atoms with Crippen LogP contribution >= 0.6 is 23.8 Å². The molecule has 0 unspecified atom stereocenters. The van der Waals surface area contributed by atoms with E-state index in [-0.39, 0.29) is 0 Å². The predicted octanol–water partition coefficient (Wildman–Crippen LogP) is 3.04. The van der Waals surface area contributed by atoms with Crippen molar-refractivity contribution >= 4 is 29.8 Å². The van der Waals surface area contributed by atoms with Crippen molar-refractivity contribution in [3.8, 4) is 11.1 Å². The standard InChI is InChI=1S/C10H8ClN3S/c11-7-3-1-6(2-4-7)8-5-13-10(12)14-9(8)15/h1-5H,(H3,12,13,14,15). The predicted molar refractivity (Wildman–Crippen MR) is 64.3 cm³/mol. The number of nitrogens with zero attached hydrogens (tertiary/aromatic N) is 1. The highest BCUT2D eigenvalue weighted by Gasteiger charge is 2.01. The number of halogens is 1. The molecule has 0 bridgehead atoms. The lowest BCUT2D eigenvalue weighted by Gasteiger charge is -2.02. The highest BCUT2D eigenvalue weighted by molar-refractivity contribution is 7.71. The van der Waals surface area contributed by atoms with Gasteiger partial charge in [0.15, 0.2) is 5.95 Å². The maximum absolute atomic E-state index is 5.79. The third-order valence-corrected chi connectivity index (χ3v) is 2.55. The van der Waals surface area contributed by atoms with E-state index in [2.05, 4.69) is 9.97 Å². The first kappa shape index (κ1) is 10.1. The second-order valence-electron chi connectivity index (χ2n) is 3.02. The number of nitrogens with one attached hydrogen (secondary N) is 1. The number of aromatic amines is 1. The number of rotatable bonds is 1. The van der Waals surface area contributed by atoms with Gasteiger partial charge in [0.25, 0.3) is 0 Å². The summed E-state index contributed by atoms with van der Waals surface area (Å²) in [5, 5.41) is 0.692. The molecule has 2 rings (SSSR count). The van der Waals surface area contributed by atoms with Gasteiger partial charge in [0.1, 0.15) is 4.64 Å². The summed E-state index contributed by atoms with van der Waals surface area (Å²) in [7, 11) is 0. The number of anilines is 1. The lowest BCUT2D eigenvalue weighted by atomic mass is 10.1. The van der Waals surface area contributed by atoms with Crippen molar-refractivity contribution in [3.63, 3.8) is 0 Å². The fourth-order valence-electron chi connectivity index (χ4n) is 1.24. The molecule has 0 radical (unpaired) electrons. The highest BCUT2D eigenvalue weighted by atomic mass is 35.5. The minimum atomic E-state index is 0.317. The smallest absolute Gasteiger partial charge is 0.198 e. The largest absolute Gasteiger partial charge is 0.369 e. The van der Waals surface area contributed by atoms with E-state index in [9.17, 15) is 0 Å². The van der Waals surface area contributed by atoms with Crippen molar-refractivity contribution in [1.29, 1.82) is 0 Å². The average molecular weight is 238 g/mol. The van der Waals surface area contributed by atoms with Crippen molar-refractivity contribution in [1.82, 2.24) is 9.97 Å². The molecule has 0 fully saturated rings. The first-order valence-electron chi connectivity index (χ1n) is 4.27. The fourth-order valence-corrected chi connectivity index (χ4v) is 1.64. The van der Waals surface area contributed by atoms with E-state index in [1.165, 1.54) is 0 Å². The molecular weight excluding hydrogens is 230 g/mol. The maximum Gasteiger partial charge on any atom is 0.198 e. The van der Waals surface area contributed by atoms with Crippen LogP contribution in [0.15, 0.2) is 30.5 Å². The summed E-state index contributed by atoms with van der Waals surface area (Å²) in [5.74, 6) is 0.317. The number of benzene rings is 1. The van der Waals surface area contributed by atoms with Gasteiger partial charge in [-0.05, 0) is 17.7 Å². The van der Waals surface area contributed by atoms with Crippen LogP contribution in [0.3, 0.4) is 0 Å². The molecule has 76 valence electrons. The molecule has 0 spiro atoms. The van der Waals surface area contributed by atoms with Crippen molar-refractivity contribution in [2.45, 2.75) is 0 Å². The van der Waals surface area contributed by atoms with Crippen molar-refractivity contribution in [3.05, 3.63) is 40.1 Å². The second-order valence-corrected chi connectivity index (χ2v) is 3.86. The molecule has 0 aliphatic carbocycles. The van der Waals surface area contributed by atoms with E-state index >= 15 is 0 Å². The third kappa shape index (κ3) is 2.16. The lowest BCUT2D eigenvalue weighted by molar-refractivity contribution is 1.17. The molecule has 0 aliphatic rings. The van der Waals surface area contributed by atoms with Gasteiger partial charge in [-0.3, -0.25) is 0 Å². The zero-order valence-corrected chi connectivity index (χ0v) is 9.27. The molecular formula is C10H8ClN3S. The summed E-state index contributed by atoms with van der Waals surface area (Å²) in [5.41, 5.74) is 7.28. The van der Waals surface area contributed by atoms with Crippen LogP contribution in [-0.4, -0.2) is 9.97 Å². The highest BCUT2D eigenvalue weighted by Crippen LogP contribution is 2.21. The number of hydrogen-bond acceptors (Lipinski definition) is 3. The Morgan fingerprint density at radius 2 is 1.93 bits per heavy atom. The zero-order valence-electron chi connectivity index (χ0n) is 7.70. The molecule has 0 atom stereocenters. The molecule has 3 N–H and O–H groups in total. The van der Waals surface area contributed by atoms with Crippen LogP contribution in [0, 0.1) is 4.64 Å². The van der Waals surface area contributed by atoms with Gasteiger partial charge < -0.3 is 10.7 Å². The zero-order chi connectivity index (χ0) is 10.8. The van der Waals surface area contributed by atoms with Crippen molar-refractivity contribution in [2.24, 2.45) is 0 Å². The lowest BCUT2D eigenvalue weighted by Crippen LogP contribution is -1.95. The molecule has 0 saturated heterocycles. The number of H-pyrrole nitrogens is 1. The van der Waals surface area contributed by atoms with Gasteiger partial charge >= 0.3 is 0 Å². The van der Waals surface area contributed by atoms with E-state index in [1.807, 2.05) is 24.3 Å². The van der Waals surface area contributed by atoms with Gasteiger partial charge in [0, 0.05) is 16.8 Å². The van der Waals surface area contributed by atoms with Crippen LogP contribution < -0.4 is 5.73 Å². The Hall–Kier alpha value is -1.39. The quantitative estimate of drug-likeness (QED) is 0.750. The van der Waals surface area contributed by atoms with E-state index in [0.29, 0.717) is 15.6 Å². The van der Waals surface area contributed by atoms with Crippen LogP contribution in [0.1, 0.15) is 0 Å². The Morgan fingerprint density at radius 3 is 2.53 bits per heavy atom. The first-order valence-corrected chi connectivity index (χ1v) is 5.06. The van der Waals surface area contributed by atoms with Gasteiger partial charge in [-0.2, -0.15) is 0 Å². The van der Waals surface area contributed by atoms with Gasteiger partial charge in [0.05, 0.1) is 0 Å². The minimum absolute atomic E-state index is 0.317. The number of hydrogen-bond donors (Lipinski definition) is 2. The van der Waals surface area contributed by atoms with E-state index in [4.69, 9.17) is 29.6 Å². The SMILES string of the molecule is Nc1ncc(-c2ccc(Cl)cc2)c(=S)[nH]1. The van der Waals surface area contributed by atoms with Crippen LogP contribution in [0.2, 0.25) is 5.02 Å². The molecule has 1 aromatic carbocycles. The third-order valence-electron chi connectivity index (χ3n) is 1.97. The molecule has 1 aromatic heterocycles. The Balaban J connectivity index is 2.55. The maximum atomic E-state index is 5.79. The topological polar surface area (TPSA) is 54.7 Å². The van der Waals surface area contributed by atoms with Crippen LogP contribution in [-0.2, 0) is 0 Å². The molecule has 3 nitrogen and oxygen atoms in total. The van der Waals surface area contributed by atoms with Crippen LogP contribution in [0.4, 0.5) is 5.95 Å². The molecule has 1 heterocycles. The second kappa shape index (κ2) is 4.00. The van der Waals surface area contributed by atoms with Crippen LogP contribution in [0.25, 0.3) is 11.1 Å². The summed E-state index contributed by atoms with van der Waals surface area (Å²) < 4.78 is 0.574. The summed E-state index contributed by atoms with van der Waals surface area (Å²) in [6.45, 7) is 0. The minimum Gasteiger partial charge on any atom is -0.369 e. The normalized spacial score (nSPS) is 10.2. The van der Waals surface area contributed by atoms with Crippen LogP contribution in [0.5, 0.6) is 0 Å². The van der Waals surface area contributed by atoms with Gasteiger partial charge in [-0.25, -0.2) is 4.98 Å². The first-order chi connectivity index (χ1) is 7.16. The summed E-state index contributed by atoms with van der Waals surface area (Å²) in [6, 6.07) is 7.39. The average Bonchev–Trinajstić information content (AvgIpc) is 2.20. The Kier molecular flexibility index (Phi) is 2.70. The van der Waals surface area contributed by atoms with Crippen molar-refractivity contribution in [2.75, 3.05) is 5.73 Å². The van der Waals surface area contributed by atoms with Gasteiger partial charge in [-0.15, -0.1) is 0 Å². The molecule has 15 heavy (non-hydrogen) atoms. The Morgan fingerprint density at radius 1 is 1.27 bits per heavy atom. The summed E-state index contributed by atoms with van der Waals surface area (Å²) in [4.78, 5) is 6.76. The summed E-state index contributed by atoms with van der Waals surface area (Å²) >= 11 is 10.9. The van der Waals surface area contributed by atoms with E-state index in [0.717, 1.165) is 11.1 Å². The molecule has 5 heteroatoms. The molecule has 0 aliphatic heterocycles. The van der Waals surface area contributed by atoms with E-state index in [1.54, 1.807) is 6.20 Å².